The molecule has 1 saturated heterocycles. The van der Waals surface area contributed by atoms with Crippen molar-refractivity contribution in [2.24, 2.45) is 0 Å². The molecule has 0 radical (unpaired) electrons. The summed E-state index contributed by atoms with van der Waals surface area (Å²) >= 11 is 3.42. The number of hydrogen-bond acceptors (Lipinski definition) is 2. The van der Waals surface area contributed by atoms with Gasteiger partial charge in [0.15, 0.2) is 0 Å². The number of fused-ring (bicyclic) bond motifs is 1. The maximum atomic E-state index is 11.7. The molecule has 3 nitrogen and oxygen atoms in total. The molecule has 0 spiro atoms. The van der Waals surface area contributed by atoms with Crippen LogP contribution in [-0.4, -0.2) is 11.8 Å². The molecule has 0 atom stereocenters. The second-order valence-corrected chi connectivity index (χ2v) is 5.21. The molecule has 4 heteroatoms. The Balaban J connectivity index is 2.11. The van der Waals surface area contributed by atoms with Crippen molar-refractivity contribution in [2.45, 2.75) is 12.8 Å². The average Bonchev–Trinajstić information content (AvgIpc) is 2.69. The van der Waals surface area contributed by atoms with E-state index >= 15 is 0 Å². The van der Waals surface area contributed by atoms with Crippen LogP contribution in [0.4, 0.5) is 5.69 Å². The number of hydrogen-bond donors (Lipinski definition) is 0. The molecule has 2 aromatic carbocycles. The van der Waals surface area contributed by atoms with Crippen molar-refractivity contribution in [3.05, 3.63) is 40.9 Å². The second kappa shape index (κ2) is 4.21. The van der Waals surface area contributed by atoms with Gasteiger partial charge in [0.1, 0.15) is 0 Å². The third-order valence-electron chi connectivity index (χ3n) is 3.10. The summed E-state index contributed by atoms with van der Waals surface area (Å²) in [5.74, 6) is -0.229. The highest BCUT2D eigenvalue weighted by Gasteiger charge is 2.30. The third-order valence-corrected chi connectivity index (χ3v) is 3.59. The number of carbonyl (C=O) groups excluding carboxylic acids is 2. The van der Waals surface area contributed by atoms with E-state index in [4.69, 9.17) is 0 Å². The number of carbonyl (C=O) groups is 2. The van der Waals surface area contributed by atoms with Gasteiger partial charge in [-0.15, -0.1) is 0 Å². The predicted molar refractivity (Wildman–Crippen MR) is 73.4 cm³/mol. The molecule has 0 N–H and O–H groups in total. The first-order chi connectivity index (χ1) is 8.65. The minimum Gasteiger partial charge on any atom is -0.274 e. The van der Waals surface area contributed by atoms with Gasteiger partial charge >= 0.3 is 0 Å². The summed E-state index contributed by atoms with van der Waals surface area (Å²) < 4.78 is 1.01. The molecular formula is C14H10BrNO2. The third kappa shape index (κ3) is 1.82. The first-order valence-electron chi connectivity index (χ1n) is 5.70. The van der Waals surface area contributed by atoms with E-state index < -0.39 is 0 Å². The van der Waals surface area contributed by atoms with Crippen molar-refractivity contribution in [3.8, 4) is 0 Å². The molecule has 1 heterocycles. The van der Waals surface area contributed by atoms with Crippen LogP contribution in [0.2, 0.25) is 0 Å². The number of rotatable bonds is 1. The number of amides is 2. The summed E-state index contributed by atoms with van der Waals surface area (Å²) in [5.41, 5.74) is 0.664. The molecule has 90 valence electrons. The van der Waals surface area contributed by atoms with Gasteiger partial charge in [-0.25, -0.2) is 0 Å². The highest BCUT2D eigenvalue weighted by atomic mass is 79.9. The Labute approximate surface area is 113 Å². The number of anilines is 1. The molecule has 0 aliphatic carbocycles. The average molecular weight is 304 g/mol. The molecule has 0 saturated carbocycles. The highest BCUT2D eigenvalue weighted by molar-refractivity contribution is 9.10. The van der Waals surface area contributed by atoms with E-state index in [-0.39, 0.29) is 11.8 Å². The molecule has 2 amide bonds. The zero-order valence-corrected chi connectivity index (χ0v) is 11.1. The molecule has 2 aromatic rings. The van der Waals surface area contributed by atoms with E-state index in [0.29, 0.717) is 18.5 Å². The molecule has 1 aliphatic rings. The largest absolute Gasteiger partial charge is 0.274 e. The van der Waals surface area contributed by atoms with Crippen LogP contribution in [0.15, 0.2) is 40.9 Å². The minimum atomic E-state index is -0.114. The van der Waals surface area contributed by atoms with Gasteiger partial charge in [0.25, 0.3) is 0 Å². The Hall–Kier alpha value is -1.68. The van der Waals surface area contributed by atoms with Crippen LogP contribution in [0.5, 0.6) is 0 Å². The summed E-state index contributed by atoms with van der Waals surface area (Å²) in [6, 6.07) is 11.5. The van der Waals surface area contributed by atoms with Gasteiger partial charge in [0.2, 0.25) is 11.8 Å². The van der Waals surface area contributed by atoms with Gasteiger partial charge in [-0.05, 0) is 35.0 Å². The van der Waals surface area contributed by atoms with Crippen molar-refractivity contribution >= 4 is 44.2 Å². The summed E-state index contributed by atoms with van der Waals surface area (Å²) in [6.45, 7) is 0. The lowest BCUT2D eigenvalue weighted by atomic mass is 10.1. The fourth-order valence-electron chi connectivity index (χ4n) is 2.21. The highest BCUT2D eigenvalue weighted by Crippen LogP contribution is 2.28. The Kier molecular flexibility index (Phi) is 2.67. The summed E-state index contributed by atoms with van der Waals surface area (Å²) in [4.78, 5) is 24.6. The van der Waals surface area contributed by atoms with Gasteiger partial charge < -0.3 is 0 Å². The van der Waals surface area contributed by atoms with E-state index in [0.717, 1.165) is 15.2 Å². The standard InChI is InChI=1S/C14H10BrNO2/c15-11-3-1-10-8-12(4-2-9(10)7-11)16-13(17)5-6-14(16)18/h1-4,7-8H,5-6H2. The Morgan fingerprint density at radius 1 is 0.889 bits per heavy atom. The van der Waals surface area contributed by atoms with E-state index in [1.54, 1.807) is 0 Å². The summed E-state index contributed by atoms with van der Waals surface area (Å²) in [5, 5.41) is 2.09. The van der Waals surface area contributed by atoms with Crippen LogP contribution in [0.3, 0.4) is 0 Å². The monoisotopic (exact) mass is 303 g/mol. The number of imide groups is 1. The van der Waals surface area contributed by atoms with E-state index in [1.807, 2.05) is 36.4 Å². The van der Waals surface area contributed by atoms with Crippen LogP contribution in [0.1, 0.15) is 12.8 Å². The van der Waals surface area contributed by atoms with Gasteiger partial charge in [-0.3, -0.25) is 14.5 Å². The van der Waals surface area contributed by atoms with Crippen molar-refractivity contribution < 1.29 is 9.59 Å². The van der Waals surface area contributed by atoms with Crippen LogP contribution in [0.25, 0.3) is 10.8 Å². The molecule has 3 rings (SSSR count). The maximum absolute atomic E-state index is 11.7. The Bertz CT molecular complexity index is 650. The van der Waals surface area contributed by atoms with Gasteiger partial charge in [0, 0.05) is 17.3 Å². The van der Waals surface area contributed by atoms with Crippen molar-refractivity contribution in [1.29, 1.82) is 0 Å². The van der Waals surface area contributed by atoms with Gasteiger partial charge in [-0.2, -0.15) is 0 Å². The molecule has 18 heavy (non-hydrogen) atoms. The Morgan fingerprint density at radius 3 is 2.22 bits per heavy atom. The summed E-state index contributed by atoms with van der Waals surface area (Å²) in [6.07, 6.45) is 0.633. The SMILES string of the molecule is O=C1CCC(=O)N1c1ccc2cc(Br)ccc2c1. The molecule has 1 fully saturated rings. The smallest absolute Gasteiger partial charge is 0.234 e. The zero-order valence-electron chi connectivity index (χ0n) is 9.52. The quantitative estimate of drug-likeness (QED) is 0.758. The van der Waals surface area contributed by atoms with Crippen molar-refractivity contribution in [2.75, 3.05) is 4.90 Å². The van der Waals surface area contributed by atoms with Gasteiger partial charge in [0.05, 0.1) is 5.69 Å². The zero-order chi connectivity index (χ0) is 12.7. The summed E-state index contributed by atoms with van der Waals surface area (Å²) in [7, 11) is 0. The lowest BCUT2D eigenvalue weighted by molar-refractivity contribution is -0.121. The first-order valence-corrected chi connectivity index (χ1v) is 6.49. The molecule has 0 aromatic heterocycles. The second-order valence-electron chi connectivity index (χ2n) is 4.30. The van der Waals surface area contributed by atoms with Crippen LogP contribution >= 0.6 is 15.9 Å². The first kappa shape index (κ1) is 11.4. The van der Waals surface area contributed by atoms with Crippen LogP contribution < -0.4 is 4.90 Å². The predicted octanol–water partition coefficient (Wildman–Crippen LogP) is 3.26. The molecule has 1 aliphatic heterocycles. The van der Waals surface area contributed by atoms with Crippen molar-refractivity contribution in [3.63, 3.8) is 0 Å². The molecular weight excluding hydrogens is 294 g/mol. The van der Waals surface area contributed by atoms with E-state index in [2.05, 4.69) is 15.9 Å². The van der Waals surface area contributed by atoms with Crippen LogP contribution in [0, 0.1) is 0 Å². The number of benzene rings is 2. The minimum absolute atomic E-state index is 0.114. The fourth-order valence-corrected chi connectivity index (χ4v) is 2.59. The lowest BCUT2D eigenvalue weighted by Crippen LogP contribution is -2.28. The molecule has 0 unspecified atom stereocenters. The van der Waals surface area contributed by atoms with E-state index in [1.165, 1.54) is 4.90 Å². The van der Waals surface area contributed by atoms with Crippen molar-refractivity contribution in [1.82, 2.24) is 0 Å². The normalized spacial score (nSPS) is 15.7. The number of nitrogens with zero attached hydrogens (tertiary/aromatic N) is 1. The van der Waals surface area contributed by atoms with Gasteiger partial charge in [-0.1, -0.05) is 28.1 Å². The molecule has 0 bridgehead atoms. The maximum Gasteiger partial charge on any atom is 0.234 e. The van der Waals surface area contributed by atoms with Crippen LogP contribution in [-0.2, 0) is 9.59 Å². The topological polar surface area (TPSA) is 37.4 Å². The lowest BCUT2D eigenvalue weighted by Gasteiger charge is -2.14. The Morgan fingerprint density at radius 2 is 1.50 bits per heavy atom. The number of halogens is 1. The fraction of sp³-hybridized carbons (Fsp3) is 0.143. The van der Waals surface area contributed by atoms with E-state index in [9.17, 15) is 9.59 Å².